The van der Waals surface area contributed by atoms with Gasteiger partial charge in [-0.25, -0.2) is 0 Å². The van der Waals surface area contributed by atoms with Crippen LogP contribution >= 0.6 is 0 Å². The number of hydrogen-bond acceptors (Lipinski definition) is 0. The van der Waals surface area contributed by atoms with Crippen LogP contribution in [0, 0.1) is 39.9 Å². The summed E-state index contributed by atoms with van der Waals surface area (Å²) < 4.78 is 0. The van der Waals surface area contributed by atoms with Gasteiger partial charge in [-0.15, -0.1) is 0 Å². The lowest BCUT2D eigenvalue weighted by Gasteiger charge is -2.64. The van der Waals surface area contributed by atoms with E-state index in [1.54, 1.807) is 32.1 Å². The molecule has 0 radical (unpaired) electrons. The van der Waals surface area contributed by atoms with Crippen LogP contribution < -0.4 is 0 Å². The van der Waals surface area contributed by atoms with Crippen molar-refractivity contribution in [2.45, 2.75) is 98.3 Å². The zero-order valence-electron chi connectivity index (χ0n) is 15.6. The highest BCUT2D eigenvalue weighted by Crippen LogP contribution is 2.72. The second kappa shape index (κ2) is 5.00. The summed E-state index contributed by atoms with van der Waals surface area (Å²) in [4.78, 5) is 0. The minimum Gasteiger partial charge on any atom is -0.0651 e. The molecule has 0 nitrogen and oxygen atoms in total. The molecule has 0 heterocycles. The lowest BCUT2D eigenvalue weighted by molar-refractivity contribution is -0.153. The summed E-state index contributed by atoms with van der Waals surface area (Å²) in [6.07, 6.45) is 16.8. The summed E-state index contributed by atoms with van der Waals surface area (Å²) >= 11 is 0. The van der Waals surface area contributed by atoms with Crippen molar-refractivity contribution in [3.05, 3.63) is 0 Å². The van der Waals surface area contributed by atoms with Gasteiger partial charge in [0.2, 0.25) is 0 Å². The number of rotatable bonds is 1. The van der Waals surface area contributed by atoms with E-state index in [2.05, 4.69) is 27.7 Å². The first-order chi connectivity index (χ1) is 10.5. The molecular weight excluding hydrogens is 264 g/mol. The van der Waals surface area contributed by atoms with Crippen LogP contribution in [0.3, 0.4) is 0 Å². The molecular formula is C22H38. The molecule has 0 bridgehead atoms. The van der Waals surface area contributed by atoms with Crippen LogP contribution in [-0.2, 0) is 0 Å². The van der Waals surface area contributed by atoms with E-state index >= 15 is 0 Å². The Morgan fingerprint density at radius 3 is 2.27 bits per heavy atom. The van der Waals surface area contributed by atoms with Crippen molar-refractivity contribution in [2.75, 3.05) is 0 Å². The van der Waals surface area contributed by atoms with Crippen molar-refractivity contribution in [3.63, 3.8) is 0 Å². The fraction of sp³-hybridized carbons (Fsp3) is 1.00. The molecule has 0 amide bonds. The molecule has 0 aromatic heterocycles. The molecule has 4 aliphatic carbocycles. The van der Waals surface area contributed by atoms with Gasteiger partial charge in [-0.3, -0.25) is 0 Å². The normalized spacial score (nSPS) is 57.8. The summed E-state index contributed by atoms with van der Waals surface area (Å²) in [5.74, 6) is 4.18. The molecule has 0 aromatic rings. The van der Waals surface area contributed by atoms with E-state index in [1.165, 1.54) is 38.5 Å². The predicted molar refractivity (Wildman–Crippen MR) is 94.7 cm³/mol. The van der Waals surface area contributed by atoms with E-state index in [4.69, 9.17) is 0 Å². The molecule has 4 aliphatic rings. The molecule has 0 aromatic carbocycles. The Morgan fingerprint density at radius 1 is 0.727 bits per heavy atom. The van der Waals surface area contributed by atoms with Crippen molar-refractivity contribution in [1.82, 2.24) is 0 Å². The van der Waals surface area contributed by atoms with E-state index < -0.39 is 0 Å². The molecule has 126 valence electrons. The Labute approximate surface area is 138 Å². The molecule has 0 saturated heterocycles. The largest absolute Gasteiger partial charge is 0.0651 e. The summed E-state index contributed by atoms with van der Waals surface area (Å²) in [5, 5.41) is 0. The van der Waals surface area contributed by atoms with Crippen molar-refractivity contribution < 1.29 is 0 Å². The number of hydrogen-bond donors (Lipinski definition) is 0. The smallest absolute Gasteiger partial charge is 0.0238 e. The summed E-state index contributed by atoms with van der Waals surface area (Å²) in [7, 11) is 0. The molecule has 0 heteroatoms. The van der Waals surface area contributed by atoms with E-state index in [1.807, 2.05) is 0 Å². The Hall–Kier alpha value is 0. The highest BCUT2D eigenvalue weighted by atomic mass is 14.7. The first-order valence-corrected chi connectivity index (χ1v) is 10.5. The molecule has 0 spiro atoms. The van der Waals surface area contributed by atoms with E-state index in [0.717, 1.165) is 23.7 Å². The second-order valence-electron chi connectivity index (χ2n) is 10.3. The minimum absolute atomic E-state index is 0.654. The second-order valence-corrected chi connectivity index (χ2v) is 10.3. The van der Waals surface area contributed by atoms with Gasteiger partial charge in [0, 0.05) is 0 Å². The van der Waals surface area contributed by atoms with E-state index in [0.29, 0.717) is 16.2 Å². The quantitative estimate of drug-likeness (QED) is 0.497. The highest BCUT2D eigenvalue weighted by Gasteiger charge is 2.64. The molecule has 4 rings (SSSR count). The molecule has 0 aliphatic heterocycles. The average Bonchev–Trinajstić information content (AvgIpc) is 2.78. The van der Waals surface area contributed by atoms with Gasteiger partial charge >= 0.3 is 0 Å². The maximum absolute atomic E-state index is 2.73. The standard InChI is InChI=1S/C22H38/c1-5-16-11-14-22(4)19-10-9-17-8-6-7-13-20(17,2)18(19)12-15-21(16,22)3/h16-19H,5-15H2,1-4H3/t16-,17?,18-,19+,20-,21+,22-/m0/s1. The minimum atomic E-state index is 0.654. The fourth-order valence-electron chi connectivity index (χ4n) is 8.48. The Bertz CT molecular complexity index is 439. The monoisotopic (exact) mass is 302 g/mol. The van der Waals surface area contributed by atoms with Crippen LogP contribution in [0.5, 0.6) is 0 Å². The summed E-state index contributed by atoms with van der Waals surface area (Å²) in [6, 6.07) is 0. The van der Waals surface area contributed by atoms with Gasteiger partial charge in [-0.1, -0.05) is 47.0 Å². The Morgan fingerprint density at radius 2 is 1.50 bits per heavy atom. The van der Waals surface area contributed by atoms with Gasteiger partial charge in [-0.2, -0.15) is 0 Å². The first-order valence-electron chi connectivity index (χ1n) is 10.5. The van der Waals surface area contributed by atoms with E-state index in [9.17, 15) is 0 Å². The van der Waals surface area contributed by atoms with Crippen LogP contribution in [-0.4, -0.2) is 0 Å². The SMILES string of the molecule is CC[C@H]1CC[C@@]2(C)[C@@H]3CCC4CCCC[C@]4(C)[C@H]3CC[C@]12C. The lowest BCUT2D eigenvalue weighted by atomic mass is 9.40. The summed E-state index contributed by atoms with van der Waals surface area (Å²) in [5.41, 5.74) is 2.01. The molecule has 0 N–H and O–H groups in total. The third-order valence-electron chi connectivity index (χ3n) is 10.1. The maximum atomic E-state index is 2.73. The fourth-order valence-corrected chi connectivity index (χ4v) is 8.48. The van der Waals surface area contributed by atoms with Crippen molar-refractivity contribution in [1.29, 1.82) is 0 Å². The van der Waals surface area contributed by atoms with Crippen LogP contribution in [0.15, 0.2) is 0 Å². The van der Waals surface area contributed by atoms with Crippen LogP contribution in [0.4, 0.5) is 0 Å². The average molecular weight is 303 g/mol. The molecule has 1 unspecified atom stereocenters. The van der Waals surface area contributed by atoms with Gasteiger partial charge < -0.3 is 0 Å². The van der Waals surface area contributed by atoms with Crippen LogP contribution in [0.1, 0.15) is 98.3 Å². The van der Waals surface area contributed by atoms with Crippen molar-refractivity contribution in [2.24, 2.45) is 39.9 Å². The third-order valence-corrected chi connectivity index (χ3v) is 10.1. The highest BCUT2D eigenvalue weighted by molar-refractivity contribution is 5.13. The zero-order valence-corrected chi connectivity index (χ0v) is 15.6. The van der Waals surface area contributed by atoms with Crippen molar-refractivity contribution >= 4 is 0 Å². The van der Waals surface area contributed by atoms with Gasteiger partial charge in [-0.05, 0) is 91.3 Å². The maximum Gasteiger partial charge on any atom is -0.0238 e. The third kappa shape index (κ3) is 1.76. The van der Waals surface area contributed by atoms with Gasteiger partial charge in [0.15, 0.2) is 0 Å². The molecule has 7 atom stereocenters. The van der Waals surface area contributed by atoms with E-state index in [-0.39, 0.29) is 0 Å². The van der Waals surface area contributed by atoms with Crippen LogP contribution in [0.2, 0.25) is 0 Å². The van der Waals surface area contributed by atoms with Gasteiger partial charge in [0.1, 0.15) is 0 Å². The van der Waals surface area contributed by atoms with Crippen molar-refractivity contribution in [3.8, 4) is 0 Å². The van der Waals surface area contributed by atoms with Gasteiger partial charge in [0.25, 0.3) is 0 Å². The van der Waals surface area contributed by atoms with Crippen LogP contribution in [0.25, 0.3) is 0 Å². The van der Waals surface area contributed by atoms with Gasteiger partial charge in [0.05, 0.1) is 0 Å². The molecule has 4 fully saturated rings. The predicted octanol–water partition coefficient (Wildman–Crippen LogP) is 6.84. The Balaban J connectivity index is 1.69. The zero-order chi connectivity index (χ0) is 15.6. The number of fused-ring (bicyclic) bond motifs is 5. The summed E-state index contributed by atoms with van der Waals surface area (Å²) in [6.45, 7) is 10.6. The Kier molecular flexibility index (Phi) is 3.53. The molecule has 22 heavy (non-hydrogen) atoms. The lowest BCUT2D eigenvalue weighted by Crippen LogP contribution is -2.56. The topological polar surface area (TPSA) is 0 Å². The molecule has 4 saturated carbocycles. The first kappa shape index (κ1) is 15.5.